The Morgan fingerprint density at radius 3 is 2.60 bits per heavy atom. The van der Waals surface area contributed by atoms with E-state index in [0.717, 1.165) is 15.6 Å². The van der Waals surface area contributed by atoms with E-state index in [2.05, 4.69) is 26.1 Å². The number of hydrogen-bond donors (Lipinski definition) is 0. The van der Waals surface area contributed by atoms with Crippen molar-refractivity contribution in [1.29, 1.82) is 0 Å². The van der Waals surface area contributed by atoms with E-state index in [9.17, 15) is 0 Å². The summed E-state index contributed by atoms with van der Waals surface area (Å²) in [5.74, 6) is 1.07. The second-order valence-corrected chi connectivity index (χ2v) is 5.13. The van der Waals surface area contributed by atoms with Crippen LogP contribution >= 0.6 is 15.9 Å². The molecule has 0 aliphatic carbocycles. The molecule has 0 amide bonds. The fourth-order valence-corrected chi connectivity index (χ4v) is 2.18. The lowest BCUT2D eigenvalue weighted by molar-refractivity contribution is 0.411. The summed E-state index contributed by atoms with van der Waals surface area (Å²) in [6.07, 6.45) is 3.75. The Morgan fingerprint density at radius 1 is 0.950 bits per heavy atom. The molecular weight excluding hydrogens is 316 g/mol. The number of benzene rings is 2. The van der Waals surface area contributed by atoms with Gasteiger partial charge < -0.3 is 4.52 Å². The number of rotatable bonds is 3. The Labute approximate surface area is 125 Å². The maximum atomic E-state index is 5.22. The maximum Gasteiger partial charge on any atom is 0.250 e. The van der Waals surface area contributed by atoms with Crippen LogP contribution in [0, 0.1) is 0 Å². The normalized spacial score (nSPS) is 11.1. The average molecular weight is 327 g/mol. The average Bonchev–Trinajstić information content (AvgIpc) is 2.95. The van der Waals surface area contributed by atoms with Crippen LogP contribution in [0.25, 0.3) is 23.5 Å². The predicted molar refractivity (Wildman–Crippen MR) is 82.8 cm³/mol. The molecule has 0 saturated heterocycles. The van der Waals surface area contributed by atoms with E-state index in [1.807, 2.05) is 66.7 Å². The lowest BCUT2D eigenvalue weighted by Crippen LogP contribution is -1.80. The zero-order valence-corrected chi connectivity index (χ0v) is 12.1. The summed E-state index contributed by atoms with van der Waals surface area (Å²) < 4.78 is 6.20. The first kappa shape index (κ1) is 12.8. The Balaban J connectivity index is 1.82. The van der Waals surface area contributed by atoms with Crippen LogP contribution in [0.1, 0.15) is 11.5 Å². The van der Waals surface area contributed by atoms with Crippen molar-refractivity contribution in [2.75, 3.05) is 0 Å². The van der Waals surface area contributed by atoms with Crippen molar-refractivity contribution in [3.8, 4) is 11.4 Å². The largest absolute Gasteiger partial charge is 0.334 e. The smallest absolute Gasteiger partial charge is 0.250 e. The first-order valence-electron chi connectivity index (χ1n) is 6.14. The van der Waals surface area contributed by atoms with E-state index >= 15 is 0 Å². The van der Waals surface area contributed by atoms with Gasteiger partial charge in [0.25, 0.3) is 5.89 Å². The SMILES string of the molecule is Brc1cccc(-c2noc(C=Cc3ccccc3)n2)c1. The summed E-state index contributed by atoms with van der Waals surface area (Å²) in [5.41, 5.74) is 2.01. The molecule has 4 heteroatoms. The van der Waals surface area contributed by atoms with Gasteiger partial charge in [-0.25, -0.2) is 0 Å². The van der Waals surface area contributed by atoms with Crippen LogP contribution in [-0.4, -0.2) is 10.1 Å². The van der Waals surface area contributed by atoms with E-state index in [-0.39, 0.29) is 0 Å². The van der Waals surface area contributed by atoms with Crippen LogP contribution in [-0.2, 0) is 0 Å². The van der Waals surface area contributed by atoms with Gasteiger partial charge in [0.05, 0.1) is 0 Å². The summed E-state index contributed by atoms with van der Waals surface area (Å²) in [7, 11) is 0. The highest BCUT2D eigenvalue weighted by Gasteiger charge is 2.06. The van der Waals surface area contributed by atoms with E-state index in [1.165, 1.54) is 0 Å². The Bertz CT molecular complexity index is 735. The van der Waals surface area contributed by atoms with Gasteiger partial charge in [-0.1, -0.05) is 63.6 Å². The second kappa shape index (κ2) is 5.84. The van der Waals surface area contributed by atoms with Crippen molar-refractivity contribution in [2.45, 2.75) is 0 Å². The molecule has 98 valence electrons. The van der Waals surface area contributed by atoms with Crippen LogP contribution in [0.5, 0.6) is 0 Å². The molecule has 20 heavy (non-hydrogen) atoms. The van der Waals surface area contributed by atoms with Crippen molar-refractivity contribution in [2.24, 2.45) is 0 Å². The van der Waals surface area contributed by atoms with Gasteiger partial charge in [-0.15, -0.1) is 0 Å². The highest BCUT2D eigenvalue weighted by atomic mass is 79.9. The van der Waals surface area contributed by atoms with Crippen molar-refractivity contribution in [3.05, 3.63) is 70.5 Å². The molecule has 1 heterocycles. The molecule has 0 unspecified atom stereocenters. The molecular formula is C16H11BrN2O. The minimum Gasteiger partial charge on any atom is -0.334 e. The van der Waals surface area contributed by atoms with Gasteiger partial charge in [0.15, 0.2) is 0 Å². The van der Waals surface area contributed by atoms with Crippen LogP contribution in [0.4, 0.5) is 0 Å². The molecule has 3 aromatic rings. The Morgan fingerprint density at radius 2 is 1.80 bits per heavy atom. The standard InChI is InChI=1S/C16H11BrN2O/c17-14-8-4-7-13(11-14)16-18-15(20-19-16)10-9-12-5-2-1-3-6-12/h1-11H. The lowest BCUT2D eigenvalue weighted by Gasteiger charge is -1.93. The molecule has 0 bridgehead atoms. The minimum absolute atomic E-state index is 0.490. The predicted octanol–water partition coefficient (Wildman–Crippen LogP) is 4.67. The van der Waals surface area contributed by atoms with Gasteiger partial charge in [0.1, 0.15) is 0 Å². The molecule has 0 N–H and O–H groups in total. The third-order valence-corrected chi connectivity index (χ3v) is 3.24. The van der Waals surface area contributed by atoms with Gasteiger partial charge in [0.2, 0.25) is 5.82 Å². The molecule has 0 atom stereocenters. The number of hydrogen-bond acceptors (Lipinski definition) is 3. The molecule has 3 nitrogen and oxygen atoms in total. The van der Waals surface area contributed by atoms with Crippen molar-refractivity contribution >= 4 is 28.1 Å². The first-order chi connectivity index (χ1) is 9.81. The zero-order chi connectivity index (χ0) is 13.8. The highest BCUT2D eigenvalue weighted by molar-refractivity contribution is 9.10. The third-order valence-electron chi connectivity index (χ3n) is 2.74. The Hall–Kier alpha value is -2.20. The molecule has 2 aromatic carbocycles. The topological polar surface area (TPSA) is 38.9 Å². The first-order valence-corrected chi connectivity index (χ1v) is 6.93. The molecule has 3 rings (SSSR count). The van der Waals surface area contributed by atoms with E-state index in [0.29, 0.717) is 11.7 Å². The highest BCUT2D eigenvalue weighted by Crippen LogP contribution is 2.20. The lowest BCUT2D eigenvalue weighted by atomic mass is 10.2. The Kier molecular flexibility index (Phi) is 3.74. The van der Waals surface area contributed by atoms with Crippen LogP contribution in [0.15, 0.2) is 63.6 Å². The monoisotopic (exact) mass is 326 g/mol. The number of aromatic nitrogens is 2. The van der Waals surface area contributed by atoms with Crippen LogP contribution < -0.4 is 0 Å². The van der Waals surface area contributed by atoms with Gasteiger partial charge in [-0.3, -0.25) is 0 Å². The zero-order valence-electron chi connectivity index (χ0n) is 10.5. The van der Waals surface area contributed by atoms with Crippen molar-refractivity contribution in [3.63, 3.8) is 0 Å². The molecule has 0 fully saturated rings. The van der Waals surface area contributed by atoms with Crippen LogP contribution in [0.2, 0.25) is 0 Å². The van der Waals surface area contributed by atoms with Gasteiger partial charge in [-0.2, -0.15) is 4.98 Å². The summed E-state index contributed by atoms with van der Waals surface area (Å²) in [5, 5.41) is 3.98. The minimum atomic E-state index is 0.490. The fourth-order valence-electron chi connectivity index (χ4n) is 1.78. The van der Waals surface area contributed by atoms with Crippen LogP contribution in [0.3, 0.4) is 0 Å². The van der Waals surface area contributed by atoms with E-state index in [4.69, 9.17) is 4.52 Å². The number of halogens is 1. The molecule has 0 aliphatic rings. The summed E-state index contributed by atoms with van der Waals surface area (Å²) >= 11 is 3.43. The van der Waals surface area contributed by atoms with E-state index in [1.54, 1.807) is 0 Å². The second-order valence-electron chi connectivity index (χ2n) is 4.21. The molecule has 0 spiro atoms. The van der Waals surface area contributed by atoms with Gasteiger partial charge in [-0.05, 0) is 23.8 Å². The summed E-state index contributed by atoms with van der Waals surface area (Å²) in [6, 6.07) is 17.8. The third kappa shape index (κ3) is 3.03. The van der Waals surface area contributed by atoms with Crippen molar-refractivity contribution in [1.82, 2.24) is 10.1 Å². The van der Waals surface area contributed by atoms with Gasteiger partial charge >= 0.3 is 0 Å². The maximum absolute atomic E-state index is 5.22. The fraction of sp³-hybridized carbons (Fsp3) is 0. The number of nitrogens with zero attached hydrogens (tertiary/aromatic N) is 2. The molecule has 0 radical (unpaired) electrons. The quantitative estimate of drug-likeness (QED) is 0.702. The molecule has 1 aromatic heterocycles. The summed E-state index contributed by atoms with van der Waals surface area (Å²) in [6.45, 7) is 0. The van der Waals surface area contributed by atoms with Gasteiger partial charge in [0, 0.05) is 16.1 Å². The van der Waals surface area contributed by atoms with Crippen molar-refractivity contribution < 1.29 is 4.52 Å². The molecule has 0 saturated carbocycles. The van der Waals surface area contributed by atoms with E-state index < -0.39 is 0 Å². The summed E-state index contributed by atoms with van der Waals surface area (Å²) in [4.78, 5) is 4.35. The molecule has 0 aliphatic heterocycles.